The molecule has 0 bridgehead atoms. The predicted molar refractivity (Wildman–Crippen MR) is 91.9 cm³/mol. The van der Waals surface area contributed by atoms with Crippen LogP contribution in [0, 0.1) is 0 Å². The van der Waals surface area contributed by atoms with E-state index in [4.69, 9.17) is 4.74 Å². The van der Waals surface area contributed by atoms with Gasteiger partial charge in [0.25, 0.3) is 0 Å². The molecule has 2 aromatic rings. The minimum atomic E-state index is -0.469. The molecule has 0 saturated heterocycles. The zero-order chi connectivity index (χ0) is 16.7. The number of carbonyl (C=O) groups excluding carboxylic acids is 1. The largest absolute Gasteiger partial charge is 0.444 e. The summed E-state index contributed by atoms with van der Waals surface area (Å²) < 4.78 is 5.19. The highest BCUT2D eigenvalue weighted by atomic mass is 16.6. The summed E-state index contributed by atoms with van der Waals surface area (Å²) in [6.45, 7) is 6.08. The molecule has 1 aromatic heterocycles. The van der Waals surface area contributed by atoms with Gasteiger partial charge < -0.3 is 10.1 Å². The molecule has 0 atom stereocenters. The fourth-order valence-electron chi connectivity index (χ4n) is 2.08. The molecule has 2 N–H and O–H groups in total. The third-order valence-electron chi connectivity index (χ3n) is 3.03. The Kier molecular flexibility index (Phi) is 5.57. The summed E-state index contributed by atoms with van der Waals surface area (Å²) in [5, 5.41) is 9.70. The van der Waals surface area contributed by atoms with Crippen molar-refractivity contribution >= 4 is 12.2 Å². The zero-order valence-corrected chi connectivity index (χ0v) is 13.8. The lowest BCUT2D eigenvalue weighted by Gasteiger charge is -2.19. The van der Waals surface area contributed by atoms with Crippen LogP contribution in [0.15, 0.2) is 42.6 Å². The van der Waals surface area contributed by atoms with Gasteiger partial charge in [-0.2, -0.15) is 5.10 Å². The number of alkyl carbamates (subject to hydrolysis) is 1. The number of nitrogens with zero attached hydrogens (tertiary/aromatic N) is 1. The summed E-state index contributed by atoms with van der Waals surface area (Å²) in [4.78, 5) is 11.5. The monoisotopic (exact) mass is 313 g/mol. The van der Waals surface area contributed by atoms with Gasteiger partial charge in [-0.1, -0.05) is 36.4 Å². The predicted octanol–water partition coefficient (Wildman–Crippen LogP) is 4.00. The number of benzene rings is 1. The van der Waals surface area contributed by atoms with Crippen LogP contribution in [0.25, 0.3) is 17.3 Å². The van der Waals surface area contributed by atoms with Crippen LogP contribution < -0.4 is 5.32 Å². The third kappa shape index (κ3) is 5.62. The Morgan fingerprint density at radius 3 is 2.78 bits per heavy atom. The van der Waals surface area contributed by atoms with E-state index in [-0.39, 0.29) is 6.09 Å². The maximum Gasteiger partial charge on any atom is 0.407 e. The molecule has 1 heterocycles. The van der Waals surface area contributed by atoms with E-state index >= 15 is 0 Å². The second kappa shape index (κ2) is 7.63. The summed E-state index contributed by atoms with van der Waals surface area (Å²) in [7, 11) is 0. The van der Waals surface area contributed by atoms with Crippen LogP contribution in [0.5, 0.6) is 0 Å². The van der Waals surface area contributed by atoms with Crippen LogP contribution in [0.2, 0.25) is 0 Å². The van der Waals surface area contributed by atoms with Crippen LogP contribution in [0.3, 0.4) is 0 Å². The van der Waals surface area contributed by atoms with Crippen LogP contribution in [-0.4, -0.2) is 28.4 Å². The summed E-state index contributed by atoms with van der Waals surface area (Å²) in [6, 6.07) is 10.0. The molecule has 0 spiro atoms. The lowest BCUT2D eigenvalue weighted by atomic mass is 10.0. The van der Waals surface area contributed by atoms with Gasteiger partial charge in [-0.25, -0.2) is 4.79 Å². The molecule has 0 aliphatic carbocycles. The van der Waals surface area contributed by atoms with Crippen molar-refractivity contribution in [2.75, 3.05) is 6.54 Å². The van der Waals surface area contributed by atoms with E-state index in [0.29, 0.717) is 6.54 Å². The van der Waals surface area contributed by atoms with Crippen molar-refractivity contribution in [3.8, 4) is 11.3 Å². The van der Waals surface area contributed by atoms with Gasteiger partial charge >= 0.3 is 6.09 Å². The van der Waals surface area contributed by atoms with Crippen molar-refractivity contribution in [3.05, 3.63) is 48.2 Å². The van der Waals surface area contributed by atoms with Gasteiger partial charge in [0, 0.05) is 18.3 Å². The molecule has 23 heavy (non-hydrogen) atoms. The lowest BCUT2D eigenvalue weighted by Crippen LogP contribution is -2.32. The number of aromatic nitrogens is 2. The highest BCUT2D eigenvalue weighted by Gasteiger charge is 2.15. The standard InChI is InChI=1S/C18H23N3O2/c1-18(2,3)23-17(22)19-12-7-6-9-14-8-4-5-10-15(14)16-11-13-20-21-16/h4-6,8-11,13H,7,12H2,1-3H3,(H,19,22)(H,20,21). The Morgan fingerprint density at radius 2 is 2.09 bits per heavy atom. The number of amides is 1. The highest BCUT2D eigenvalue weighted by molar-refractivity contribution is 5.72. The number of ether oxygens (including phenoxy) is 1. The maximum atomic E-state index is 11.5. The fraction of sp³-hybridized carbons (Fsp3) is 0.333. The number of hydrogen-bond acceptors (Lipinski definition) is 3. The summed E-state index contributed by atoms with van der Waals surface area (Å²) in [5.41, 5.74) is 2.72. The first kappa shape index (κ1) is 16.8. The van der Waals surface area contributed by atoms with Gasteiger partial charge in [0.05, 0.1) is 5.69 Å². The summed E-state index contributed by atoms with van der Waals surface area (Å²) >= 11 is 0. The van der Waals surface area contributed by atoms with Crippen molar-refractivity contribution in [1.29, 1.82) is 0 Å². The van der Waals surface area contributed by atoms with E-state index < -0.39 is 5.60 Å². The van der Waals surface area contributed by atoms with Crippen LogP contribution in [0.4, 0.5) is 4.79 Å². The minimum absolute atomic E-state index is 0.385. The number of aromatic amines is 1. The Labute approximate surface area is 136 Å². The molecule has 5 nitrogen and oxygen atoms in total. The molecule has 2 rings (SSSR count). The molecule has 1 amide bonds. The molecular weight excluding hydrogens is 290 g/mol. The average molecular weight is 313 g/mol. The van der Waals surface area contributed by atoms with Crippen molar-refractivity contribution in [2.24, 2.45) is 0 Å². The number of carbonyl (C=O) groups is 1. The zero-order valence-electron chi connectivity index (χ0n) is 13.8. The molecular formula is C18H23N3O2. The first-order chi connectivity index (χ1) is 11.0. The SMILES string of the molecule is CC(C)(C)OC(=O)NCCC=Cc1ccccc1-c1ccn[nH]1. The van der Waals surface area contributed by atoms with E-state index in [1.807, 2.05) is 63.3 Å². The Bertz CT molecular complexity index is 655. The first-order valence-corrected chi connectivity index (χ1v) is 7.68. The van der Waals surface area contributed by atoms with E-state index in [9.17, 15) is 4.79 Å². The van der Waals surface area contributed by atoms with Gasteiger partial charge in [0.2, 0.25) is 0 Å². The van der Waals surface area contributed by atoms with Gasteiger partial charge in [-0.15, -0.1) is 0 Å². The van der Waals surface area contributed by atoms with Gasteiger partial charge in [-0.3, -0.25) is 5.10 Å². The minimum Gasteiger partial charge on any atom is -0.444 e. The van der Waals surface area contributed by atoms with Crippen molar-refractivity contribution < 1.29 is 9.53 Å². The first-order valence-electron chi connectivity index (χ1n) is 7.68. The molecule has 0 radical (unpaired) electrons. The van der Waals surface area contributed by atoms with Crippen LogP contribution >= 0.6 is 0 Å². The molecule has 122 valence electrons. The van der Waals surface area contributed by atoms with E-state index in [0.717, 1.165) is 23.2 Å². The molecule has 0 aliphatic rings. The number of nitrogens with one attached hydrogen (secondary N) is 2. The molecule has 0 unspecified atom stereocenters. The van der Waals surface area contributed by atoms with E-state index in [2.05, 4.69) is 15.5 Å². The Hall–Kier alpha value is -2.56. The van der Waals surface area contributed by atoms with Gasteiger partial charge in [-0.05, 0) is 38.8 Å². The third-order valence-corrected chi connectivity index (χ3v) is 3.03. The van der Waals surface area contributed by atoms with Crippen molar-refractivity contribution in [1.82, 2.24) is 15.5 Å². The molecule has 0 fully saturated rings. The average Bonchev–Trinajstić information content (AvgIpc) is 2.99. The van der Waals surface area contributed by atoms with Gasteiger partial charge in [0.15, 0.2) is 0 Å². The fourth-order valence-corrected chi connectivity index (χ4v) is 2.08. The second-order valence-corrected chi connectivity index (χ2v) is 6.18. The van der Waals surface area contributed by atoms with Crippen molar-refractivity contribution in [3.63, 3.8) is 0 Å². The maximum absolute atomic E-state index is 11.5. The Balaban J connectivity index is 1.86. The van der Waals surface area contributed by atoms with Crippen LogP contribution in [-0.2, 0) is 4.74 Å². The number of rotatable bonds is 5. The molecule has 5 heteroatoms. The molecule has 1 aromatic carbocycles. The normalized spacial score (nSPS) is 11.6. The summed E-state index contributed by atoms with van der Waals surface area (Å²) in [5.74, 6) is 0. The quantitative estimate of drug-likeness (QED) is 0.820. The number of H-pyrrole nitrogens is 1. The highest BCUT2D eigenvalue weighted by Crippen LogP contribution is 2.22. The second-order valence-electron chi connectivity index (χ2n) is 6.18. The van der Waals surface area contributed by atoms with Crippen LogP contribution in [0.1, 0.15) is 32.8 Å². The van der Waals surface area contributed by atoms with E-state index in [1.54, 1.807) is 6.20 Å². The smallest absolute Gasteiger partial charge is 0.407 e. The number of hydrogen-bond donors (Lipinski definition) is 2. The summed E-state index contributed by atoms with van der Waals surface area (Å²) in [6.07, 6.45) is 6.17. The topological polar surface area (TPSA) is 67.0 Å². The molecule has 0 saturated carbocycles. The van der Waals surface area contributed by atoms with E-state index in [1.165, 1.54) is 0 Å². The van der Waals surface area contributed by atoms with Crippen molar-refractivity contribution in [2.45, 2.75) is 32.8 Å². The molecule has 0 aliphatic heterocycles. The lowest BCUT2D eigenvalue weighted by molar-refractivity contribution is 0.0529. The van der Waals surface area contributed by atoms with Gasteiger partial charge in [0.1, 0.15) is 5.60 Å². The Morgan fingerprint density at radius 1 is 1.30 bits per heavy atom.